The van der Waals surface area contributed by atoms with E-state index in [1.807, 2.05) is 42.5 Å². The lowest BCUT2D eigenvalue weighted by Crippen LogP contribution is -2.29. The Kier molecular flexibility index (Phi) is 9.64. The van der Waals surface area contributed by atoms with Crippen molar-refractivity contribution in [3.05, 3.63) is 120 Å². The van der Waals surface area contributed by atoms with Crippen LogP contribution in [0.5, 0.6) is 17.2 Å². The zero-order valence-electron chi connectivity index (χ0n) is 22.4. The van der Waals surface area contributed by atoms with Crippen molar-refractivity contribution in [2.24, 2.45) is 0 Å². The predicted octanol–water partition coefficient (Wildman–Crippen LogP) is 5.05. The van der Waals surface area contributed by atoms with Crippen LogP contribution < -0.4 is 23.8 Å². The summed E-state index contributed by atoms with van der Waals surface area (Å²) in [5.74, 6) is 1.62. The molecule has 208 valence electrons. The van der Waals surface area contributed by atoms with Crippen LogP contribution in [0.2, 0.25) is 0 Å². The first kappa shape index (κ1) is 28.5. The smallest absolute Gasteiger partial charge is 0.251 e. The minimum Gasteiger partial charge on any atom is -0.493 e. The van der Waals surface area contributed by atoms with Crippen molar-refractivity contribution >= 4 is 21.6 Å². The molecule has 0 aliphatic rings. The highest BCUT2D eigenvalue weighted by atomic mass is 32.2. The molecule has 0 radical (unpaired) electrons. The third-order valence-electron chi connectivity index (χ3n) is 6.03. The van der Waals surface area contributed by atoms with Crippen LogP contribution in [0.3, 0.4) is 0 Å². The summed E-state index contributed by atoms with van der Waals surface area (Å²) in [6.45, 7) is 1.14. The molecule has 9 heteroatoms. The van der Waals surface area contributed by atoms with E-state index in [1.165, 1.54) is 10.6 Å². The normalized spacial score (nSPS) is 10.9. The number of benzene rings is 4. The van der Waals surface area contributed by atoms with E-state index in [9.17, 15) is 13.2 Å². The van der Waals surface area contributed by atoms with Crippen LogP contribution in [-0.4, -0.2) is 40.8 Å². The van der Waals surface area contributed by atoms with Crippen LogP contribution in [-0.2, 0) is 23.2 Å². The second kappa shape index (κ2) is 13.5. The van der Waals surface area contributed by atoms with Crippen molar-refractivity contribution in [2.75, 3.05) is 30.8 Å². The zero-order valence-corrected chi connectivity index (χ0v) is 23.3. The average molecular weight is 561 g/mol. The fourth-order valence-corrected chi connectivity index (χ4v) is 4.83. The first-order valence-corrected chi connectivity index (χ1v) is 14.6. The summed E-state index contributed by atoms with van der Waals surface area (Å²) in [5.41, 5.74) is 2.77. The number of carbonyl (C=O) groups is 1. The molecule has 0 atom stereocenters. The Morgan fingerprint density at radius 2 is 1.43 bits per heavy atom. The number of amides is 1. The Bertz CT molecular complexity index is 1490. The molecule has 1 N–H and O–H groups in total. The number of ether oxygens (including phenoxy) is 3. The van der Waals surface area contributed by atoms with Crippen LogP contribution >= 0.6 is 0 Å². The van der Waals surface area contributed by atoms with E-state index >= 15 is 0 Å². The van der Waals surface area contributed by atoms with Gasteiger partial charge in [0.2, 0.25) is 10.0 Å². The van der Waals surface area contributed by atoms with Gasteiger partial charge in [0.1, 0.15) is 19.0 Å². The molecule has 0 fully saturated rings. The summed E-state index contributed by atoms with van der Waals surface area (Å²) in [4.78, 5) is 12.6. The number of para-hydroxylation sites is 2. The number of hydrogen-bond donors (Lipinski definition) is 1. The SMILES string of the molecule is COc1ccccc1OCCNC(=O)c1ccc(CN(c2ccc(OCc3ccccc3)cc2)S(C)(=O)=O)cc1. The summed E-state index contributed by atoms with van der Waals surface area (Å²) in [6, 6.07) is 30.9. The maximum atomic E-state index is 12.6. The number of hydrogen-bond acceptors (Lipinski definition) is 6. The molecule has 0 spiro atoms. The summed E-state index contributed by atoms with van der Waals surface area (Å²) in [6.07, 6.45) is 1.17. The molecule has 4 rings (SSSR count). The first-order chi connectivity index (χ1) is 19.3. The topological polar surface area (TPSA) is 94.2 Å². The third-order valence-corrected chi connectivity index (χ3v) is 7.17. The van der Waals surface area contributed by atoms with Crippen LogP contribution in [0.15, 0.2) is 103 Å². The second-order valence-corrected chi connectivity index (χ2v) is 10.9. The molecular weight excluding hydrogens is 528 g/mol. The highest BCUT2D eigenvalue weighted by Gasteiger charge is 2.18. The fourth-order valence-electron chi connectivity index (χ4n) is 3.94. The molecule has 4 aromatic rings. The number of nitrogens with zero attached hydrogens (tertiary/aromatic N) is 1. The lowest BCUT2D eigenvalue weighted by Gasteiger charge is -2.23. The van der Waals surface area contributed by atoms with E-state index in [0.29, 0.717) is 41.7 Å². The van der Waals surface area contributed by atoms with E-state index in [-0.39, 0.29) is 19.1 Å². The molecule has 0 saturated heterocycles. The van der Waals surface area contributed by atoms with Gasteiger partial charge >= 0.3 is 0 Å². The van der Waals surface area contributed by atoms with Gasteiger partial charge in [-0.15, -0.1) is 0 Å². The number of carbonyl (C=O) groups excluding carboxylic acids is 1. The summed E-state index contributed by atoms with van der Waals surface area (Å²) < 4.78 is 43.3. The van der Waals surface area contributed by atoms with Crippen molar-refractivity contribution < 1.29 is 27.4 Å². The van der Waals surface area contributed by atoms with Crippen LogP contribution in [0.25, 0.3) is 0 Å². The molecule has 0 aromatic heterocycles. The van der Waals surface area contributed by atoms with Crippen molar-refractivity contribution in [3.63, 3.8) is 0 Å². The van der Waals surface area contributed by atoms with Gasteiger partial charge in [0.25, 0.3) is 5.91 Å². The molecular formula is C31H32N2O6S. The summed E-state index contributed by atoms with van der Waals surface area (Å²) in [5, 5.41) is 2.82. The molecule has 8 nitrogen and oxygen atoms in total. The van der Waals surface area contributed by atoms with Crippen LogP contribution in [0, 0.1) is 0 Å². The van der Waals surface area contributed by atoms with E-state index < -0.39 is 10.0 Å². The molecule has 0 unspecified atom stereocenters. The van der Waals surface area contributed by atoms with E-state index in [1.54, 1.807) is 67.8 Å². The van der Waals surface area contributed by atoms with E-state index in [4.69, 9.17) is 14.2 Å². The quantitative estimate of drug-likeness (QED) is 0.230. The van der Waals surface area contributed by atoms with Crippen LogP contribution in [0.1, 0.15) is 21.5 Å². The molecule has 0 aliphatic heterocycles. The maximum absolute atomic E-state index is 12.6. The minimum absolute atomic E-state index is 0.123. The lowest BCUT2D eigenvalue weighted by atomic mass is 10.1. The van der Waals surface area contributed by atoms with Crippen molar-refractivity contribution in [1.82, 2.24) is 5.32 Å². The van der Waals surface area contributed by atoms with Gasteiger partial charge < -0.3 is 19.5 Å². The highest BCUT2D eigenvalue weighted by molar-refractivity contribution is 7.92. The molecule has 0 saturated carbocycles. The molecule has 4 aromatic carbocycles. The standard InChI is InChI=1S/C31H32N2O6S/c1-37-29-10-6-7-11-30(29)38-21-20-32-31(34)26-14-12-24(13-15-26)22-33(40(2,35)36)27-16-18-28(19-17-27)39-23-25-8-4-3-5-9-25/h3-19H,20-23H2,1-2H3,(H,32,34). The number of rotatable bonds is 13. The van der Waals surface area contributed by atoms with Crippen molar-refractivity contribution in [3.8, 4) is 17.2 Å². The zero-order chi connectivity index (χ0) is 28.4. The molecule has 0 aliphatic carbocycles. The van der Waals surface area contributed by atoms with E-state index in [0.717, 1.165) is 11.1 Å². The second-order valence-electron chi connectivity index (χ2n) is 8.99. The first-order valence-electron chi connectivity index (χ1n) is 12.7. The summed E-state index contributed by atoms with van der Waals surface area (Å²) >= 11 is 0. The average Bonchev–Trinajstić information content (AvgIpc) is 2.97. The lowest BCUT2D eigenvalue weighted by molar-refractivity contribution is 0.0946. The maximum Gasteiger partial charge on any atom is 0.251 e. The highest BCUT2D eigenvalue weighted by Crippen LogP contribution is 2.26. The van der Waals surface area contributed by atoms with Crippen LogP contribution in [0.4, 0.5) is 5.69 Å². The van der Waals surface area contributed by atoms with Gasteiger partial charge in [-0.1, -0.05) is 54.6 Å². The number of sulfonamides is 1. The van der Waals surface area contributed by atoms with Gasteiger partial charge in [0.05, 0.1) is 32.1 Å². The largest absolute Gasteiger partial charge is 0.493 e. The van der Waals surface area contributed by atoms with Gasteiger partial charge in [0.15, 0.2) is 11.5 Å². The number of nitrogens with one attached hydrogen (secondary N) is 1. The Balaban J connectivity index is 1.32. The molecule has 0 heterocycles. The van der Waals surface area contributed by atoms with Gasteiger partial charge in [-0.2, -0.15) is 0 Å². The summed E-state index contributed by atoms with van der Waals surface area (Å²) in [7, 11) is -1.99. The van der Waals surface area contributed by atoms with Gasteiger partial charge in [0, 0.05) is 5.56 Å². The van der Waals surface area contributed by atoms with Gasteiger partial charge in [-0.3, -0.25) is 9.10 Å². The van der Waals surface area contributed by atoms with E-state index in [2.05, 4.69) is 5.32 Å². The number of methoxy groups -OCH3 is 1. The monoisotopic (exact) mass is 560 g/mol. The minimum atomic E-state index is -3.56. The fraction of sp³-hybridized carbons (Fsp3) is 0.194. The third kappa shape index (κ3) is 8.00. The Morgan fingerprint density at radius 1 is 0.775 bits per heavy atom. The van der Waals surface area contributed by atoms with Gasteiger partial charge in [-0.25, -0.2) is 8.42 Å². The Hall–Kier alpha value is -4.50. The van der Waals surface area contributed by atoms with Crippen molar-refractivity contribution in [2.45, 2.75) is 13.2 Å². The number of anilines is 1. The molecule has 40 heavy (non-hydrogen) atoms. The molecule has 0 bridgehead atoms. The predicted molar refractivity (Wildman–Crippen MR) is 156 cm³/mol. The Labute approximate surface area is 235 Å². The van der Waals surface area contributed by atoms with Gasteiger partial charge in [-0.05, 0) is 59.7 Å². The molecule has 1 amide bonds. The Morgan fingerprint density at radius 3 is 2.08 bits per heavy atom. The van der Waals surface area contributed by atoms with Crippen molar-refractivity contribution in [1.29, 1.82) is 0 Å².